The predicted molar refractivity (Wildman–Crippen MR) is 194 cm³/mol. The van der Waals surface area contributed by atoms with Crippen LogP contribution < -0.4 is 0 Å². The van der Waals surface area contributed by atoms with E-state index in [0.29, 0.717) is 41.5 Å². The first-order chi connectivity index (χ1) is 23.6. The average Bonchev–Trinajstić information content (AvgIpc) is 3.52. The molecule has 2 aromatic rings. The molecule has 1 spiro atoms. The van der Waals surface area contributed by atoms with E-state index in [-0.39, 0.29) is 39.8 Å². The summed E-state index contributed by atoms with van der Waals surface area (Å²) in [5, 5.41) is 0. The quantitative estimate of drug-likeness (QED) is 0.228. The van der Waals surface area contributed by atoms with Gasteiger partial charge in [-0.1, -0.05) is 74.7 Å². The third-order valence-corrected chi connectivity index (χ3v) is 18.1. The second-order valence-electron chi connectivity index (χ2n) is 17.6. The third kappa shape index (κ3) is 5.26. The molecule has 0 aromatic heterocycles. The number of aryl methyl sites for hydroxylation is 2. The van der Waals surface area contributed by atoms with E-state index in [1.54, 1.807) is 28.6 Å². The van der Waals surface area contributed by atoms with Crippen molar-refractivity contribution in [3.8, 4) is 0 Å². The van der Waals surface area contributed by atoms with Gasteiger partial charge in [-0.2, -0.15) is 12.7 Å². The average molecular weight is 722 g/mol. The summed E-state index contributed by atoms with van der Waals surface area (Å²) < 4.78 is 70.0. The normalized spacial score (nSPS) is 41.6. The zero-order chi connectivity index (χ0) is 35.4. The number of ether oxygens (including phenoxy) is 1. The van der Waals surface area contributed by atoms with E-state index in [1.165, 1.54) is 5.57 Å². The maximum absolute atomic E-state index is 14.4. The van der Waals surface area contributed by atoms with E-state index in [2.05, 4.69) is 33.8 Å². The van der Waals surface area contributed by atoms with Crippen LogP contribution in [0, 0.1) is 60.2 Å². The molecule has 6 aliphatic rings. The highest BCUT2D eigenvalue weighted by atomic mass is 32.2. The number of benzene rings is 2. The lowest BCUT2D eigenvalue weighted by molar-refractivity contribution is -0.161. The molecule has 0 bridgehead atoms. The summed E-state index contributed by atoms with van der Waals surface area (Å²) in [4.78, 5) is 0.587. The van der Waals surface area contributed by atoms with E-state index in [9.17, 15) is 16.8 Å². The van der Waals surface area contributed by atoms with Crippen LogP contribution in [0.4, 0.5) is 0 Å². The van der Waals surface area contributed by atoms with Gasteiger partial charge in [-0.15, -0.1) is 0 Å². The largest absolute Gasteiger partial charge is 0.356 e. The topological polar surface area (TPSA) is 90.0 Å². The molecule has 9 heteroatoms. The first-order valence-corrected chi connectivity index (χ1v) is 21.9. The van der Waals surface area contributed by atoms with Gasteiger partial charge in [-0.25, -0.2) is 8.42 Å². The minimum atomic E-state index is -3.82. The Bertz CT molecular complexity index is 1890. The van der Waals surface area contributed by atoms with Crippen LogP contribution >= 0.6 is 0 Å². The molecule has 8 rings (SSSR count). The molecule has 2 heterocycles. The van der Waals surface area contributed by atoms with E-state index >= 15 is 0 Å². The molecule has 3 saturated carbocycles. The summed E-state index contributed by atoms with van der Waals surface area (Å²) in [5.41, 5.74) is 2.77. The summed E-state index contributed by atoms with van der Waals surface area (Å²) in [7, 11) is -7.56. The monoisotopic (exact) mass is 721 g/mol. The van der Waals surface area contributed by atoms with Gasteiger partial charge in [0.2, 0.25) is 10.0 Å². The number of hydrogen-bond acceptors (Lipinski definition) is 6. The van der Waals surface area contributed by atoms with Crippen LogP contribution in [0.25, 0.3) is 0 Å². The zero-order valence-electron chi connectivity index (χ0n) is 30.6. The molecule has 2 saturated heterocycles. The highest BCUT2D eigenvalue weighted by Gasteiger charge is 2.70. The van der Waals surface area contributed by atoms with E-state index in [1.807, 2.05) is 38.1 Å². The van der Waals surface area contributed by atoms with Crippen molar-refractivity contribution >= 4 is 20.1 Å². The van der Waals surface area contributed by atoms with Crippen LogP contribution in [0.3, 0.4) is 0 Å². The van der Waals surface area contributed by atoms with Gasteiger partial charge in [0.1, 0.15) is 5.72 Å². The molecule has 2 aromatic carbocycles. The van der Waals surface area contributed by atoms with Crippen molar-refractivity contribution in [3.05, 3.63) is 71.3 Å². The summed E-state index contributed by atoms with van der Waals surface area (Å²) >= 11 is 0. The first-order valence-electron chi connectivity index (χ1n) is 19.1. The molecule has 50 heavy (non-hydrogen) atoms. The summed E-state index contributed by atoms with van der Waals surface area (Å²) in [6.07, 6.45) is 10.5. The number of nitrogens with zero attached hydrogens (tertiary/aromatic N) is 1. The van der Waals surface area contributed by atoms with Gasteiger partial charge in [-0.3, -0.25) is 4.18 Å². The fourth-order valence-electron chi connectivity index (χ4n) is 12.2. The lowest BCUT2D eigenvalue weighted by atomic mass is 9.47. The number of fused-ring (bicyclic) bond motifs is 7. The number of rotatable bonds is 5. The number of piperidine rings is 1. The van der Waals surface area contributed by atoms with Gasteiger partial charge in [0.25, 0.3) is 10.1 Å². The summed E-state index contributed by atoms with van der Waals surface area (Å²) in [6.45, 7) is 13.8. The van der Waals surface area contributed by atoms with Crippen LogP contribution in [0.5, 0.6) is 0 Å². The fraction of sp³-hybridized carbons (Fsp3) is 0.659. The van der Waals surface area contributed by atoms with Crippen molar-refractivity contribution in [1.82, 2.24) is 4.31 Å². The van der Waals surface area contributed by atoms with Crippen LogP contribution in [0.1, 0.15) is 96.6 Å². The Kier molecular flexibility index (Phi) is 8.40. The molecule has 0 amide bonds. The Hall–Kier alpha value is -2.04. The van der Waals surface area contributed by atoms with E-state index in [4.69, 9.17) is 8.92 Å². The lowest BCUT2D eigenvalue weighted by Crippen LogP contribution is -2.60. The number of sulfonamides is 1. The van der Waals surface area contributed by atoms with Gasteiger partial charge in [0.05, 0.1) is 22.0 Å². The molecule has 4 aliphatic carbocycles. The molecular formula is C41H55NO6S2. The first kappa shape index (κ1) is 35.0. The van der Waals surface area contributed by atoms with Gasteiger partial charge in [0, 0.05) is 12.5 Å². The molecule has 272 valence electrons. The van der Waals surface area contributed by atoms with Gasteiger partial charge >= 0.3 is 0 Å². The molecule has 0 N–H and O–H groups in total. The molecule has 0 unspecified atom stereocenters. The minimum absolute atomic E-state index is 0.0432. The van der Waals surface area contributed by atoms with Crippen molar-refractivity contribution in [3.63, 3.8) is 0 Å². The van der Waals surface area contributed by atoms with Crippen molar-refractivity contribution in [2.24, 2.45) is 46.3 Å². The Morgan fingerprint density at radius 3 is 2.16 bits per heavy atom. The van der Waals surface area contributed by atoms with Crippen molar-refractivity contribution in [1.29, 1.82) is 0 Å². The summed E-state index contributed by atoms with van der Waals surface area (Å²) in [5.74, 6) is 2.31. The molecule has 2 aliphatic heterocycles. The maximum atomic E-state index is 14.4. The highest BCUT2D eigenvalue weighted by Crippen LogP contribution is 2.71. The van der Waals surface area contributed by atoms with Crippen molar-refractivity contribution < 1.29 is 25.8 Å². The van der Waals surface area contributed by atoms with Gasteiger partial charge in [-0.05, 0) is 136 Å². The Labute approximate surface area is 300 Å². The summed E-state index contributed by atoms with van der Waals surface area (Å²) in [6, 6.07) is 14.2. The van der Waals surface area contributed by atoms with Crippen LogP contribution in [-0.4, -0.2) is 45.6 Å². The van der Waals surface area contributed by atoms with Crippen LogP contribution in [0.2, 0.25) is 0 Å². The second-order valence-corrected chi connectivity index (χ2v) is 21.0. The lowest BCUT2D eigenvalue weighted by Gasteiger charge is -2.59. The minimum Gasteiger partial charge on any atom is -0.356 e. The van der Waals surface area contributed by atoms with Crippen LogP contribution in [-0.2, 0) is 29.1 Å². The molecule has 11 atom stereocenters. The molecule has 7 nitrogen and oxygen atoms in total. The number of hydrogen-bond donors (Lipinski definition) is 0. The molecular weight excluding hydrogens is 667 g/mol. The van der Waals surface area contributed by atoms with Crippen LogP contribution in [0.15, 0.2) is 70.0 Å². The van der Waals surface area contributed by atoms with Gasteiger partial charge in [0.15, 0.2) is 0 Å². The number of allylic oxidation sites excluding steroid dienone is 1. The molecule has 5 fully saturated rings. The predicted octanol–water partition coefficient (Wildman–Crippen LogP) is 8.42. The van der Waals surface area contributed by atoms with E-state index in [0.717, 1.165) is 62.5 Å². The highest BCUT2D eigenvalue weighted by molar-refractivity contribution is 7.89. The maximum Gasteiger partial charge on any atom is 0.297 e. The SMILES string of the molecule is Cc1ccc(S(=O)(=O)O[C@@H]2CC[C@@]3(C)C(=CC[C@@H]4[C@@H]5C[C@@H]6O[C@]7(CC[C@H](C)CN7S(=O)(=O)c7ccc(C)cc7)[C@@H](C)[C@H]6[C@@]5(C)CC[C@@H]43)C2)cc1. The molecule has 0 radical (unpaired) electrons. The Morgan fingerprint density at radius 1 is 0.820 bits per heavy atom. The van der Waals surface area contributed by atoms with E-state index < -0.39 is 25.9 Å². The Balaban J connectivity index is 1.03. The zero-order valence-corrected chi connectivity index (χ0v) is 32.2. The van der Waals surface area contributed by atoms with Crippen molar-refractivity contribution in [2.45, 2.75) is 127 Å². The smallest absolute Gasteiger partial charge is 0.297 e. The van der Waals surface area contributed by atoms with Crippen molar-refractivity contribution in [2.75, 3.05) is 6.54 Å². The fourth-order valence-corrected chi connectivity index (χ4v) is 15.2. The third-order valence-electron chi connectivity index (χ3n) is 14.8. The van der Waals surface area contributed by atoms with Gasteiger partial charge < -0.3 is 4.74 Å². The standard InChI is InChI=1S/C41H55NO6S2/c1-26-7-12-32(13-8-26)49(43,44)42-25-28(3)17-22-41(42)29(4)38-37(47-41)24-36-34-16-11-30-23-31(48-50(45,46)33-14-9-27(2)10-15-33)18-20-39(30,5)35(34)19-21-40(36,38)6/h7-15,28-29,31,34-38H,16-25H2,1-6H3/t28-,29-,31+,34-,35-,36-,37-,38+,39-,40-,41+/m0/s1. The Morgan fingerprint density at radius 2 is 1.48 bits per heavy atom. The second kappa shape index (κ2) is 12.0.